The van der Waals surface area contributed by atoms with Crippen molar-refractivity contribution in [3.63, 3.8) is 0 Å². The van der Waals surface area contributed by atoms with Crippen LogP contribution < -0.4 is 5.25 Å². The lowest BCUT2D eigenvalue weighted by Gasteiger charge is -1.68. The first-order valence-corrected chi connectivity index (χ1v) is 2.57. The summed E-state index contributed by atoms with van der Waals surface area (Å²) in [7, 11) is 0. The Labute approximate surface area is 44.6 Å². The SMILES string of the molecule is CCCC.NCl. The van der Waals surface area contributed by atoms with Crippen LogP contribution in [-0.4, -0.2) is 0 Å². The molecule has 0 rings (SSSR count). The average Bonchev–Trinajstić information content (AvgIpc) is 1.72. The van der Waals surface area contributed by atoms with Gasteiger partial charge in [-0.05, 0) is 11.8 Å². The first kappa shape index (κ1) is 9.54. The molecule has 2 N–H and O–H groups in total. The van der Waals surface area contributed by atoms with Gasteiger partial charge in [0, 0.05) is 0 Å². The summed E-state index contributed by atoms with van der Waals surface area (Å²) in [6, 6.07) is 0. The minimum Gasteiger partial charge on any atom is -0.247 e. The molecule has 0 aliphatic carbocycles. The van der Waals surface area contributed by atoms with Gasteiger partial charge < -0.3 is 0 Å². The minimum atomic E-state index is 1.32. The lowest BCUT2D eigenvalue weighted by molar-refractivity contribution is 0.886. The number of nitrogens with two attached hydrogens (primary N) is 1. The van der Waals surface area contributed by atoms with Crippen molar-refractivity contribution in [2.24, 2.45) is 5.25 Å². The van der Waals surface area contributed by atoms with Gasteiger partial charge in [-0.1, -0.05) is 26.7 Å². The highest BCUT2D eigenvalue weighted by molar-refractivity contribution is 6.11. The van der Waals surface area contributed by atoms with Crippen LogP contribution in [0.5, 0.6) is 0 Å². The van der Waals surface area contributed by atoms with E-state index in [1.54, 1.807) is 0 Å². The zero-order valence-corrected chi connectivity index (χ0v) is 5.13. The van der Waals surface area contributed by atoms with Crippen LogP contribution in [0, 0.1) is 0 Å². The van der Waals surface area contributed by atoms with E-state index < -0.39 is 0 Å². The second kappa shape index (κ2) is 18.7. The quantitative estimate of drug-likeness (QED) is 0.512. The summed E-state index contributed by atoms with van der Waals surface area (Å²) in [6.07, 6.45) is 2.64. The Bertz CT molecular complexity index is 9.51. The molecular formula is C4H12ClN. The van der Waals surface area contributed by atoms with Crippen molar-refractivity contribution in [2.45, 2.75) is 26.7 Å². The van der Waals surface area contributed by atoms with Gasteiger partial charge in [-0.3, -0.25) is 0 Å². The summed E-state index contributed by atoms with van der Waals surface area (Å²) in [5.74, 6) is 0. The maximum Gasteiger partial charge on any atom is -0.0285 e. The highest BCUT2D eigenvalue weighted by Crippen LogP contribution is 1.76. The van der Waals surface area contributed by atoms with Gasteiger partial charge in [-0.25, -0.2) is 5.25 Å². The Morgan fingerprint density at radius 2 is 1.33 bits per heavy atom. The number of unbranched alkanes of at least 4 members (excludes halogenated alkanes) is 1. The van der Waals surface area contributed by atoms with Crippen LogP contribution in [0.3, 0.4) is 0 Å². The van der Waals surface area contributed by atoms with Crippen LogP contribution in [0.15, 0.2) is 0 Å². The van der Waals surface area contributed by atoms with E-state index in [9.17, 15) is 0 Å². The Balaban J connectivity index is 0. The molecule has 0 aromatic heterocycles. The van der Waals surface area contributed by atoms with Gasteiger partial charge >= 0.3 is 0 Å². The first-order valence-electron chi connectivity index (χ1n) is 2.13. The zero-order chi connectivity index (χ0) is 5.41. The van der Waals surface area contributed by atoms with Crippen molar-refractivity contribution in [2.75, 3.05) is 0 Å². The second-order valence-corrected chi connectivity index (χ2v) is 1.000. The van der Waals surface area contributed by atoms with Gasteiger partial charge in [0.25, 0.3) is 0 Å². The second-order valence-electron chi connectivity index (χ2n) is 1.000. The molecular weight excluding hydrogens is 97.5 g/mol. The molecule has 0 atom stereocenters. The smallest absolute Gasteiger partial charge is 0.0285 e. The molecule has 0 aromatic rings. The molecule has 0 aliphatic heterocycles. The third-order valence-electron chi connectivity index (χ3n) is 0.500. The molecule has 2 heteroatoms. The van der Waals surface area contributed by atoms with Crippen molar-refractivity contribution in [3.8, 4) is 0 Å². The van der Waals surface area contributed by atoms with Crippen LogP contribution in [0.25, 0.3) is 0 Å². The third-order valence-corrected chi connectivity index (χ3v) is 0.500. The lowest BCUT2D eigenvalue weighted by Crippen LogP contribution is -1.48. The fraction of sp³-hybridized carbons (Fsp3) is 1.00. The fourth-order valence-corrected chi connectivity index (χ4v) is 0. The molecule has 0 heterocycles. The summed E-state index contributed by atoms with van der Waals surface area (Å²) < 4.78 is 0. The van der Waals surface area contributed by atoms with Crippen LogP contribution >= 0.6 is 11.8 Å². The van der Waals surface area contributed by atoms with Crippen LogP contribution in [-0.2, 0) is 0 Å². The van der Waals surface area contributed by atoms with Gasteiger partial charge in [0.15, 0.2) is 0 Å². The molecule has 0 fully saturated rings. The standard InChI is InChI=1S/C4H10.ClH2N/c1-3-4-2;1-2/h3-4H2,1-2H3;2H2. The number of hydrogen-bond acceptors (Lipinski definition) is 1. The Morgan fingerprint density at radius 3 is 1.33 bits per heavy atom. The van der Waals surface area contributed by atoms with E-state index in [0.717, 1.165) is 0 Å². The predicted molar refractivity (Wildman–Crippen MR) is 30.6 cm³/mol. The van der Waals surface area contributed by atoms with E-state index in [4.69, 9.17) is 0 Å². The monoisotopic (exact) mass is 109 g/mol. The first-order chi connectivity index (χ1) is 2.91. The molecule has 0 bridgehead atoms. The van der Waals surface area contributed by atoms with Crippen LogP contribution in [0.2, 0.25) is 0 Å². The van der Waals surface area contributed by atoms with Crippen molar-refractivity contribution in [1.82, 2.24) is 0 Å². The third kappa shape index (κ3) is 28.7. The van der Waals surface area contributed by atoms with Crippen molar-refractivity contribution in [1.29, 1.82) is 0 Å². The van der Waals surface area contributed by atoms with E-state index in [2.05, 4.69) is 30.9 Å². The predicted octanol–water partition coefficient (Wildman–Crippen LogP) is 1.91. The molecule has 1 nitrogen and oxygen atoms in total. The van der Waals surface area contributed by atoms with E-state index in [1.807, 2.05) is 0 Å². The average molecular weight is 110 g/mol. The van der Waals surface area contributed by atoms with Gasteiger partial charge in [-0.15, -0.1) is 0 Å². The summed E-state index contributed by atoms with van der Waals surface area (Å²) in [5.41, 5.74) is 0. The summed E-state index contributed by atoms with van der Waals surface area (Å²) >= 11 is 4.14. The molecule has 0 radical (unpaired) electrons. The van der Waals surface area contributed by atoms with E-state index in [-0.39, 0.29) is 0 Å². The number of halogens is 1. The van der Waals surface area contributed by atoms with Crippen LogP contribution in [0.1, 0.15) is 26.7 Å². The van der Waals surface area contributed by atoms with Crippen molar-refractivity contribution < 1.29 is 0 Å². The topological polar surface area (TPSA) is 26.0 Å². The van der Waals surface area contributed by atoms with Gasteiger partial charge in [-0.2, -0.15) is 0 Å². The Morgan fingerprint density at radius 1 is 1.17 bits per heavy atom. The molecule has 6 heavy (non-hydrogen) atoms. The van der Waals surface area contributed by atoms with Gasteiger partial charge in [0.1, 0.15) is 0 Å². The Kier molecular flexibility index (Phi) is 29.8. The normalized spacial score (nSPS) is 6.00. The molecule has 0 unspecified atom stereocenters. The number of hydrogen-bond donors (Lipinski definition) is 1. The molecule has 0 saturated heterocycles. The van der Waals surface area contributed by atoms with Crippen molar-refractivity contribution >= 4 is 11.8 Å². The molecule has 40 valence electrons. The summed E-state index contributed by atoms with van der Waals surface area (Å²) in [6.45, 7) is 4.36. The van der Waals surface area contributed by atoms with Crippen LogP contribution in [0.4, 0.5) is 0 Å². The highest BCUT2D eigenvalue weighted by Gasteiger charge is 1.56. The molecule has 0 aliphatic rings. The fourth-order valence-electron chi connectivity index (χ4n) is 0. The van der Waals surface area contributed by atoms with E-state index in [0.29, 0.717) is 0 Å². The minimum absolute atomic E-state index is 1.32. The highest BCUT2D eigenvalue weighted by atomic mass is 35.5. The summed E-state index contributed by atoms with van der Waals surface area (Å²) in [4.78, 5) is 0. The Hall–Kier alpha value is 0.250. The van der Waals surface area contributed by atoms with Gasteiger partial charge in [0.2, 0.25) is 0 Å². The van der Waals surface area contributed by atoms with Crippen molar-refractivity contribution in [3.05, 3.63) is 0 Å². The zero-order valence-electron chi connectivity index (χ0n) is 4.37. The van der Waals surface area contributed by atoms with E-state index in [1.165, 1.54) is 12.8 Å². The largest absolute Gasteiger partial charge is 0.247 e. The molecule has 0 spiro atoms. The molecule has 0 saturated carbocycles. The summed E-state index contributed by atoms with van der Waals surface area (Å²) in [5, 5.41) is 3.97. The maximum atomic E-state index is 4.14. The molecule has 0 aromatic carbocycles. The number of rotatable bonds is 1. The maximum absolute atomic E-state index is 4.14. The van der Waals surface area contributed by atoms with E-state index >= 15 is 0 Å². The lowest BCUT2D eigenvalue weighted by atomic mass is 10.4. The van der Waals surface area contributed by atoms with Gasteiger partial charge in [0.05, 0.1) is 0 Å². The molecule has 0 amide bonds.